The molecule has 0 amide bonds. The lowest BCUT2D eigenvalue weighted by Gasteiger charge is -2.26. The van der Waals surface area contributed by atoms with Crippen LogP contribution in [0.25, 0.3) is 0 Å². The third-order valence-corrected chi connectivity index (χ3v) is 8.26. The minimum absolute atomic E-state index is 0.0703. The Balaban J connectivity index is 5.08. The van der Waals surface area contributed by atoms with Gasteiger partial charge in [0.25, 0.3) is 0 Å². The fraction of sp³-hybridized carbons (Fsp3) is 0.400. The number of hydrogen-bond acceptors (Lipinski definition) is 2. The molecule has 0 radical (unpaired) electrons. The highest BCUT2D eigenvalue weighted by Gasteiger charge is 2.24. The molecule has 0 saturated carbocycles. The van der Waals surface area contributed by atoms with Crippen LogP contribution in [-0.2, 0) is 0 Å². The molecule has 0 heterocycles. The summed E-state index contributed by atoms with van der Waals surface area (Å²) in [5.41, 5.74) is 7.99. The molecule has 2 N–H and O–H groups in total. The van der Waals surface area contributed by atoms with Crippen LogP contribution in [0, 0.1) is 11.8 Å². The van der Waals surface area contributed by atoms with Gasteiger partial charge in [-0.05, 0) is 110 Å². The largest absolute Gasteiger partial charge is 0.390 e. The van der Waals surface area contributed by atoms with E-state index in [0.717, 1.165) is 24.0 Å². The van der Waals surface area contributed by atoms with E-state index in [1.54, 1.807) is 0 Å². The predicted molar refractivity (Wildman–Crippen MR) is 234 cm³/mol. The molecule has 0 aromatic carbocycles. The summed E-state index contributed by atoms with van der Waals surface area (Å²) in [5.74, 6) is 0.141. The van der Waals surface area contributed by atoms with Crippen molar-refractivity contribution in [2.45, 2.75) is 121 Å². The Kier molecular flexibility index (Phi) is 23.9. The first kappa shape index (κ1) is 48.0. The monoisotopic (exact) mass is 705 g/mol. The van der Waals surface area contributed by atoms with Gasteiger partial charge in [-0.1, -0.05) is 178 Å². The molecule has 0 aromatic heterocycles. The summed E-state index contributed by atoms with van der Waals surface area (Å²) >= 11 is 0. The van der Waals surface area contributed by atoms with Crippen LogP contribution >= 0.6 is 0 Å². The van der Waals surface area contributed by atoms with Gasteiger partial charge in [0.15, 0.2) is 0 Å². The molecule has 0 aliphatic rings. The number of rotatable bonds is 20. The lowest BCUT2D eigenvalue weighted by Crippen LogP contribution is -2.29. The molecule has 0 spiro atoms. The summed E-state index contributed by atoms with van der Waals surface area (Å²) in [6.07, 6.45) is 47.9. The van der Waals surface area contributed by atoms with Crippen LogP contribution < -0.4 is 0 Å². The number of allylic oxidation sites excluding steroid dienone is 28. The summed E-state index contributed by atoms with van der Waals surface area (Å²) in [5, 5.41) is 21.1. The molecule has 0 bridgehead atoms. The van der Waals surface area contributed by atoms with Gasteiger partial charge < -0.3 is 10.2 Å². The standard InChI is InChI=1S/C50H72O2/c1-39(2)31-35-47(49(11,12)51)37-33-45(9)29-19-27-43(7)25-17-23-41(5)21-15-16-22-42(6)24-18-26-44(8)28-20-30-46(10)34-38-48(50(13,14)52)36-32-40(3)4/h15-34,37-38,47-48,51-52H,35-36H2,1-14H3/b16-15+,23-17+,24-18+,27-19+,28-20+,37-33-,38-34+,41-21+,42-22+,43-25+,44-26+,45-29+,46-30+/t47-,48-/m0/s1. The normalized spacial score (nSPS) is 16.6. The van der Waals surface area contributed by atoms with Crippen LogP contribution in [0.5, 0.6) is 0 Å². The zero-order valence-corrected chi connectivity index (χ0v) is 35.2. The molecule has 0 unspecified atom stereocenters. The Bertz CT molecular complexity index is 1430. The summed E-state index contributed by atoms with van der Waals surface area (Å²) in [6.45, 7) is 28.4. The Morgan fingerprint density at radius 1 is 0.385 bits per heavy atom. The molecular formula is C50H72O2. The van der Waals surface area contributed by atoms with Crippen molar-refractivity contribution < 1.29 is 10.2 Å². The van der Waals surface area contributed by atoms with Gasteiger partial charge in [-0.25, -0.2) is 0 Å². The van der Waals surface area contributed by atoms with Crippen molar-refractivity contribution in [3.8, 4) is 0 Å². The van der Waals surface area contributed by atoms with Crippen molar-refractivity contribution in [2.75, 3.05) is 0 Å². The maximum atomic E-state index is 10.5. The van der Waals surface area contributed by atoms with E-state index in [1.165, 1.54) is 33.4 Å². The first-order valence-electron chi connectivity index (χ1n) is 18.7. The van der Waals surface area contributed by atoms with E-state index in [-0.39, 0.29) is 11.8 Å². The molecular weight excluding hydrogens is 633 g/mol. The average molecular weight is 705 g/mol. The van der Waals surface area contributed by atoms with Gasteiger partial charge in [0.1, 0.15) is 0 Å². The van der Waals surface area contributed by atoms with Gasteiger partial charge >= 0.3 is 0 Å². The van der Waals surface area contributed by atoms with Crippen molar-refractivity contribution in [2.24, 2.45) is 11.8 Å². The lowest BCUT2D eigenvalue weighted by molar-refractivity contribution is 0.0375. The fourth-order valence-electron chi connectivity index (χ4n) is 4.62. The molecule has 0 fully saturated rings. The van der Waals surface area contributed by atoms with Crippen molar-refractivity contribution in [1.82, 2.24) is 0 Å². The van der Waals surface area contributed by atoms with Crippen LogP contribution in [0.15, 0.2) is 178 Å². The van der Waals surface area contributed by atoms with Gasteiger partial charge in [-0.2, -0.15) is 0 Å². The minimum Gasteiger partial charge on any atom is -0.390 e. The Morgan fingerprint density at radius 2 is 0.615 bits per heavy atom. The third-order valence-electron chi connectivity index (χ3n) is 8.26. The third kappa shape index (κ3) is 26.8. The number of hydrogen-bond donors (Lipinski definition) is 2. The van der Waals surface area contributed by atoms with Crippen molar-refractivity contribution in [1.29, 1.82) is 0 Å². The highest BCUT2D eigenvalue weighted by atomic mass is 16.3. The fourth-order valence-corrected chi connectivity index (χ4v) is 4.62. The topological polar surface area (TPSA) is 40.5 Å². The van der Waals surface area contributed by atoms with Crippen LogP contribution in [-0.4, -0.2) is 21.4 Å². The zero-order valence-electron chi connectivity index (χ0n) is 35.2. The Hall–Kier alpha value is -3.98. The average Bonchev–Trinajstić information content (AvgIpc) is 3.01. The number of aliphatic hydroxyl groups is 2. The van der Waals surface area contributed by atoms with Crippen molar-refractivity contribution in [3.63, 3.8) is 0 Å². The molecule has 52 heavy (non-hydrogen) atoms. The molecule has 2 heteroatoms. The van der Waals surface area contributed by atoms with E-state index < -0.39 is 11.2 Å². The van der Waals surface area contributed by atoms with E-state index in [2.05, 4.69) is 203 Å². The summed E-state index contributed by atoms with van der Waals surface area (Å²) in [7, 11) is 0. The summed E-state index contributed by atoms with van der Waals surface area (Å²) < 4.78 is 0. The van der Waals surface area contributed by atoms with Gasteiger partial charge in [-0.3, -0.25) is 0 Å². The smallest absolute Gasteiger partial charge is 0.0657 e. The first-order valence-corrected chi connectivity index (χ1v) is 18.7. The SMILES string of the molecule is CC(C)=CC[C@@H](\C=C/C(C)=C/C=C/C(C)=C/C=C/C(C)=C/C=C/C=C(C)/C=C/C=C(C)/C=C/C=C(C)/C=C/[C@H](CC=C(C)C)C(C)(C)O)C(C)(C)O. The van der Waals surface area contributed by atoms with Gasteiger partial charge in [-0.15, -0.1) is 0 Å². The lowest BCUT2D eigenvalue weighted by atomic mass is 9.87. The highest BCUT2D eigenvalue weighted by molar-refractivity contribution is 5.34. The highest BCUT2D eigenvalue weighted by Crippen LogP contribution is 2.24. The van der Waals surface area contributed by atoms with E-state index in [4.69, 9.17) is 0 Å². The van der Waals surface area contributed by atoms with Crippen molar-refractivity contribution >= 4 is 0 Å². The molecule has 0 aliphatic carbocycles. The molecule has 0 rings (SSSR count). The second kappa shape index (κ2) is 25.9. The van der Waals surface area contributed by atoms with Crippen LogP contribution in [0.3, 0.4) is 0 Å². The quantitative estimate of drug-likeness (QED) is 0.0978. The van der Waals surface area contributed by atoms with E-state index in [9.17, 15) is 10.2 Å². The molecule has 0 aliphatic heterocycles. The molecule has 284 valence electrons. The Labute approximate surface area is 320 Å². The van der Waals surface area contributed by atoms with E-state index in [1.807, 2.05) is 27.7 Å². The second-order valence-electron chi connectivity index (χ2n) is 15.6. The maximum Gasteiger partial charge on any atom is 0.0657 e. The first-order chi connectivity index (χ1) is 24.2. The van der Waals surface area contributed by atoms with Crippen LogP contribution in [0.2, 0.25) is 0 Å². The van der Waals surface area contributed by atoms with Gasteiger partial charge in [0.2, 0.25) is 0 Å². The van der Waals surface area contributed by atoms with E-state index in [0.29, 0.717) is 0 Å². The Morgan fingerprint density at radius 3 is 0.846 bits per heavy atom. The second-order valence-corrected chi connectivity index (χ2v) is 15.6. The van der Waals surface area contributed by atoms with Crippen LogP contribution in [0.1, 0.15) is 110 Å². The zero-order chi connectivity index (χ0) is 39.7. The molecule has 2 atom stereocenters. The van der Waals surface area contributed by atoms with Crippen molar-refractivity contribution in [3.05, 3.63) is 178 Å². The molecule has 0 aromatic rings. The maximum absolute atomic E-state index is 10.5. The summed E-state index contributed by atoms with van der Waals surface area (Å²) in [6, 6.07) is 0. The summed E-state index contributed by atoms with van der Waals surface area (Å²) in [4.78, 5) is 0. The van der Waals surface area contributed by atoms with Gasteiger partial charge in [0, 0.05) is 11.8 Å². The van der Waals surface area contributed by atoms with Crippen LogP contribution in [0.4, 0.5) is 0 Å². The molecule has 0 saturated heterocycles. The van der Waals surface area contributed by atoms with E-state index >= 15 is 0 Å². The minimum atomic E-state index is -0.761. The van der Waals surface area contributed by atoms with Gasteiger partial charge in [0.05, 0.1) is 11.2 Å². The predicted octanol–water partition coefficient (Wildman–Crippen LogP) is 14.0. The molecule has 2 nitrogen and oxygen atoms in total.